The van der Waals surface area contributed by atoms with Gasteiger partial charge in [0.15, 0.2) is 0 Å². The van der Waals surface area contributed by atoms with E-state index in [-0.39, 0.29) is 12.5 Å². The van der Waals surface area contributed by atoms with Gasteiger partial charge < -0.3 is 0 Å². The average Bonchev–Trinajstić information content (AvgIpc) is 3.10. The molecule has 1 aliphatic carbocycles. The molecule has 1 atom stereocenters. The molecule has 0 amide bonds. The SMILES string of the molecule is Cn1cc(-c2cc3nccn3c(-c3cnn([C@@H](CC=C(F)F)C4CC4)c3)n2)cn1. The lowest BCUT2D eigenvalue weighted by atomic mass is 10.1. The fourth-order valence-electron chi connectivity index (χ4n) is 3.67. The van der Waals surface area contributed by atoms with Crippen LogP contribution < -0.4 is 0 Å². The molecule has 0 bridgehead atoms. The van der Waals surface area contributed by atoms with Gasteiger partial charge in [-0.15, -0.1) is 0 Å². The Morgan fingerprint density at radius 2 is 2.03 bits per heavy atom. The predicted octanol–water partition coefficient (Wildman–Crippen LogP) is 4.11. The summed E-state index contributed by atoms with van der Waals surface area (Å²) in [5.74, 6) is 1.09. The Kier molecular flexibility index (Phi) is 4.22. The molecule has 4 aromatic rings. The van der Waals surface area contributed by atoms with Crippen molar-refractivity contribution in [2.45, 2.75) is 25.3 Å². The van der Waals surface area contributed by atoms with Crippen LogP contribution in [0.15, 0.2) is 55.4 Å². The van der Waals surface area contributed by atoms with Crippen LogP contribution in [-0.4, -0.2) is 33.9 Å². The molecule has 5 rings (SSSR count). The number of allylic oxidation sites excluding steroid dienone is 1. The zero-order chi connectivity index (χ0) is 20.0. The van der Waals surface area contributed by atoms with E-state index in [1.165, 1.54) is 0 Å². The molecule has 29 heavy (non-hydrogen) atoms. The Balaban J connectivity index is 1.56. The van der Waals surface area contributed by atoms with Gasteiger partial charge in [-0.2, -0.15) is 19.0 Å². The van der Waals surface area contributed by atoms with Gasteiger partial charge in [0.25, 0.3) is 6.08 Å². The van der Waals surface area contributed by atoms with Gasteiger partial charge in [-0.1, -0.05) is 0 Å². The van der Waals surface area contributed by atoms with Gasteiger partial charge >= 0.3 is 0 Å². The van der Waals surface area contributed by atoms with E-state index in [0.717, 1.165) is 41.4 Å². The lowest BCUT2D eigenvalue weighted by Crippen LogP contribution is -2.11. The molecule has 9 heteroatoms. The van der Waals surface area contributed by atoms with Crippen LogP contribution in [0.3, 0.4) is 0 Å². The Hall–Kier alpha value is -3.36. The van der Waals surface area contributed by atoms with Crippen LogP contribution in [0.4, 0.5) is 8.78 Å². The third-order valence-corrected chi connectivity index (χ3v) is 5.27. The van der Waals surface area contributed by atoms with Gasteiger partial charge in [-0.3, -0.25) is 13.8 Å². The first-order chi connectivity index (χ1) is 14.1. The van der Waals surface area contributed by atoms with Gasteiger partial charge in [-0.25, -0.2) is 9.97 Å². The van der Waals surface area contributed by atoms with Crippen LogP contribution in [-0.2, 0) is 7.05 Å². The number of rotatable bonds is 6. The minimum Gasteiger partial charge on any atom is -0.284 e. The summed E-state index contributed by atoms with van der Waals surface area (Å²) in [6.45, 7) is 0. The van der Waals surface area contributed by atoms with Crippen LogP contribution in [0, 0.1) is 5.92 Å². The molecule has 0 saturated heterocycles. The van der Waals surface area contributed by atoms with Crippen LogP contribution in [0.1, 0.15) is 25.3 Å². The zero-order valence-electron chi connectivity index (χ0n) is 15.8. The molecule has 0 aromatic carbocycles. The second-order valence-corrected chi connectivity index (χ2v) is 7.37. The fraction of sp³-hybridized carbons (Fsp3) is 0.300. The topological polar surface area (TPSA) is 65.8 Å². The summed E-state index contributed by atoms with van der Waals surface area (Å²) in [4.78, 5) is 9.22. The maximum Gasteiger partial charge on any atom is 0.266 e. The molecular formula is C20H19F2N7. The molecule has 1 aliphatic rings. The Morgan fingerprint density at radius 3 is 2.76 bits per heavy atom. The molecule has 0 unspecified atom stereocenters. The van der Waals surface area contributed by atoms with E-state index < -0.39 is 6.08 Å². The highest BCUT2D eigenvalue weighted by Crippen LogP contribution is 2.42. The maximum absolute atomic E-state index is 12.6. The van der Waals surface area contributed by atoms with E-state index in [0.29, 0.717) is 11.7 Å². The highest BCUT2D eigenvalue weighted by Gasteiger charge is 2.32. The van der Waals surface area contributed by atoms with E-state index in [9.17, 15) is 8.78 Å². The van der Waals surface area contributed by atoms with Crippen molar-refractivity contribution in [2.24, 2.45) is 13.0 Å². The minimum absolute atomic E-state index is 0.0648. The standard InChI is InChI=1S/C20H19F2N7/c1-27-11-14(9-24-27)16-8-19-23-6-7-28(19)20(26-16)15-10-25-29(12-15)17(13-2-3-13)4-5-18(21)22/h5-13,17H,2-4H2,1H3/t17-/m0/s1. The highest BCUT2D eigenvalue weighted by molar-refractivity contribution is 5.68. The lowest BCUT2D eigenvalue weighted by molar-refractivity contribution is 0.383. The molecule has 0 radical (unpaired) electrons. The van der Waals surface area contributed by atoms with E-state index in [2.05, 4.69) is 15.2 Å². The average molecular weight is 395 g/mol. The largest absolute Gasteiger partial charge is 0.284 e. The normalized spacial score (nSPS) is 15.0. The molecule has 0 N–H and O–H groups in total. The van der Waals surface area contributed by atoms with E-state index in [1.807, 2.05) is 36.1 Å². The number of nitrogens with zero attached hydrogens (tertiary/aromatic N) is 7. The number of aryl methyl sites for hydroxylation is 1. The smallest absolute Gasteiger partial charge is 0.266 e. The van der Waals surface area contributed by atoms with Gasteiger partial charge in [0.1, 0.15) is 11.5 Å². The number of fused-ring (bicyclic) bond motifs is 1. The summed E-state index contributed by atoms with van der Waals surface area (Å²) in [6, 6.07) is 1.84. The van der Waals surface area contributed by atoms with Gasteiger partial charge in [0, 0.05) is 43.5 Å². The van der Waals surface area contributed by atoms with Gasteiger partial charge in [0.2, 0.25) is 0 Å². The molecule has 1 fully saturated rings. The maximum atomic E-state index is 12.6. The van der Waals surface area contributed by atoms with Crippen molar-refractivity contribution in [1.82, 2.24) is 33.9 Å². The first-order valence-electron chi connectivity index (χ1n) is 9.47. The minimum atomic E-state index is -1.64. The van der Waals surface area contributed by atoms with Crippen LogP contribution >= 0.6 is 0 Å². The third kappa shape index (κ3) is 3.43. The van der Waals surface area contributed by atoms with Crippen molar-refractivity contribution < 1.29 is 8.78 Å². The number of aromatic nitrogens is 7. The summed E-state index contributed by atoms with van der Waals surface area (Å²) in [5, 5.41) is 8.70. The lowest BCUT2D eigenvalue weighted by Gasteiger charge is -2.14. The van der Waals surface area contributed by atoms with Crippen molar-refractivity contribution in [2.75, 3.05) is 0 Å². The predicted molar refractivity (Wildman–Crippen MR) is 103 cm³/mol. The quantitative estimate of drug-likeness (QED) is 0.493. The molecule has 0 aliphatic heterocycles. The van der Waals surface area contributed by atoms with Crippen LogP contribution in [0.25, 0.3) is 28.3 Å². The van der Waals surface area contributed by atoms with E-state index in [1.54, 1.807) is 28.0 Å². The summed E-state index contributed by atoms with van der Waals surface area (Å²) < 4.78 is 30.7. The second-order valence-electron chi connectivity index (χ2n) is 7.37. The van der Waals surface area contributed by atoms with Crippen molar-refractivity contribution in [1.29, 1.82) is 0 Å². The van der Waals surface area contributed by atoms with Crippen molar-refractivity contribution >= 4 is 5.65 Å². The Bertz CT molecular complexity index is 1190. The number of halogens is 2. The van der Waals surface area contributed by atoms with Gasteiger partial charge in [0.05, 0.1) is 29.7 Å². The summed E-state index contributed by atoms with van der Waals surface area (Å²) in [7, 11) is 1.86. The second kappa shape index (κ2) is 6.91. The summed E-state index contributed by atoms with van der Waals surface area (Å²) in [6.07, 6.45) is 12.6. The number of hydrogen-bond acceptors (Lipinski definition) is 4. The van der Waals surface area contributed by atoms with E-state index in [4.69, 9.17) is 4.98 Å². The summed E-state index contributed by atoms with van der Waals surface area (Å²) >= 11 is 0. The molecular weight excluding hydrogens is 376 g/mol. The molecule has 1 saturated carbocycles. The number of imidazole rings is 1. The summed E-state index contributed by atoms with van der Waals surface area (Å²) in [5.41, 5.74) is 3.24. The molecule has 0 spiro atoms. The first-order valence-corrected chi connectivity index (χ1v) is 9.47. The van der Waals surface area contributed by atoms with E-state index >= 15 is 0 Å². The highest BCUT2D eigenvalue weighted by atomic mass is 19.3. The van der Waals surface area contributed by atoms with Crippen molar-refractivity contribution in [3.63, 3.8) is 0 Å². The molecule has 7 nitrogen and oxygen atoms in total. The van der Waals surface area contributed by atoms with Gasteiger partial charge in [-0.05, 0) is 31.3 Å². The molecule has 148 valence electrons. The zero-order valence-corrected chi connectivity index (χ0v) is 15.8. The Morgan fingerprint density at radius 1 is 1.21 bits per heavy atom. The van der Waals surface area contributed by atoms with Crippen LogP contribution in [0.5, 0.6) is 0 Å². The third-order valence-electron chi connectivity index (χ3n) is 5.27. The molecule has 4 heterocycles. The van der Waals surface area contributed by atoms with Crippen molar-refractivity contribution in [3.05, 3.63) is 55.4 Å². The molecule has 4 aromatic heterocycles. The number of hydrogen-bond donors (Lipinski definition) is 0. The monoisotopic (exact) mass is 395 g/mol. The first kappa shape index (κ1) is 17.7. The fourth-order valence-corrected chi connectivity index (χ4v) is 3.67. The Labute approximate surface area is 165 Å². The van der Waals surface area contributed by atoms with Crippen LogP contribution in [0.2, 0.25) is 0 Å². The van der Waals surface area contributed by atoms with Crippen molar-refractivity contribution in [3.8, 4) is 22.6 Å².